The van der Waals surface area contributed by atoms with Crippen molar-refractivity contribution in [2.75, 3.05) is 39.4 Å². The fourth-order valence-electron chi connectivity index (χ4n) is 2.86. The van der Waals surface area contributed by atoms with Crippen LogP contribution >= 0.6 is 0 Å². The van der Waals surface area contributed by atoms with Crippen LogP contribution in [-0.4, -0.2) is 56.2 Å². The molecule has 0 bridgehead atoms. The van der Waals surface area contributed by atoms with Gasteiger partial charge in [0.25, 0.3) is 0 Å². The van der Waals surface area contributed by atoms with Crippen LogP contribution in [0.4, 0.5) is 0 Å². The smallest absolute Gasteiger partial charge is 0.223 e. The Balaban J connectivity index is 1.53. The van der Waals surface area contributed by atoms with Crippen molar-refractivity contribution in [3.63, 3.8) is 0 Å². The summed E-state index contributed by atoms with van der Waals surface area (Å²) in [4.78, 5) is 14.4. The van der Waals surface area contributed by atoms with Gasteiger partial charge in [0.1, 0.15) is 0 Å². The van der Waals surface area contributed by atoms with E-state index >= 15 is 0 Å². The largest absolute Gasteiger partial charge is 0.379 e. The Kier molecular flexibility index (Phi) is 6.07. The Morgan fingerprint density at radius 2 is 1.89 bits per heavy atom. The first-order valence-electron chi connectivity index (χ1n) is 7.59. The second-order valence-electron chi connectivity index (χ2n) is 5.71. The Hall–Kier alpha value is -0.650. The normalized spacial score (nSPS) is 29.1. The van der Waals surface area contributed by atoms with Gasteiger partial charge >= 0.3 is 0 Å². The first-order valence-corrected chi connectivity index (χ1v) is 7.59. The van der Waals surface area contributed by atoms with Gasteiger partial charge in [0.15, 0.2) is 0 Å². The van der Waals surface area contributed by atoms with Gasteiger partial charge in [0, 0.05) is 31.6 Å². The van der Waals surface area contributed by atoms with E-state index in [1.807, 2.05) is 0 Å². The van der Waals surface area contributed by atoms with Gasteiger partial charge in [-0.05, 0) is 38.6 Å². The third kappa shape index (κ3) is 5.09. The van der Waals surface area contributed by atoms with Crippen LogP contribution in [0.1, 0.15) is 32.1 Å². The molecule has 1 saturated heterocycles. The second-order valence-corrected chi connectivity index (χ2v) is 5.71. The molecule has 2 rings (SSSR count). The summed E-state index contributed by atoms with van der Waals surface area (Å²) in [5.74, 6) is 0.428. The van der Waals surface area contributed by atoms with Crippen molar-refractivity contribution in [2.45, 2.75) is 38.1 Å². The minimum atomic E-state index is 0.197. The summed E-state index contributed by atoms with van der Waals surface area (Å²) in [5, 5.41) is 3.07. The van der Waals surface area contributed by atoms with E-state index in [-0.39, 0.29) is 11.8 Å². The number of ether oxygens (including phenoxy) is 1. The summed E-state index contributed by atoms with van der Waals surface area (Å²) in [6.45, 7) is 5.57. The predicted molar refractivity (Wildman–Crippen MR) is 74.8 cm³/mol. The molecule has 5 heteroatoms. The molecule has 0 spiro atoms. The van der Waals surface area contributed by atoms with Crippen LogP contribution < -0.4 is 11.1 Å². The summed E-state index contributed by atoms with van der Waals surface area (Å²) in [6.07, 6.45) is 4.92. The van der Waals surface area contributed by atoms with E-state index in [1.165, 1.54) is 0 Å². The fraction of sp³-hybridized carbons (Fsp3) is 0.929. The second kappa shape index (κ2) is 7.82. The quantitative estimate of drug-likeness (QED) is 0.706. The molecule has 2 aliphatic rings. The number of morpholine rings is 1. The van der Waals surface area contributed by atoms with Crippen LogP contribution in [0.15, 0.2) is 0 Å². The highest BCUT2D eigenvalue weighted by Crippen LogP contribution is 2.23. The first kappa shape index (κ1) is 14.8. The zero-order valence-corrected chi connectivity index (χ0v) is 11.8. The SMILES string of the molecule is NC1CCC(C(=O)NCCCN2CCOCC2)CC1. The van der Waals surface area contributed by atoms with Crippen molar-refractivity contribution in [1.29, 1.82) is 0 Å². The van der Waals surface area contributed by atoms with E-state index in [1.54, 1.807) is 0 Å². The number of amides is 1. The maximum absolute atomic E-state index is 12.0. The minimum Gasteiger partial charge on any atom is -0.379 e. The number of hydrogen-bond donors (Lipinski definition) is 2. The average molecular weight is 269 g/mol. The van der Waals surface area contributed by atoms with Crippen LogP contribution in [-0.2, 0) is 9.53 Å². The molecule has 1 heterocycles. The van der Waals surface area contributed by atoms with E-state index < -0.39 is 0 Å². The van der Waals surface area contributed by atoms with Gasteiger partial charge in [-0.25, -0.2) is 0 Å². The van der Waals surface area contributed by atoms with Gasteiger partial charge in [-0.1, -0.05) is 0 Å². The van der Waals surface area contributed by atoms with Gasteiger partial charge in [-0.3, -0.25) is 9.69 Å². The van der Waals surface area contributed by atoms with Gasteiger partial charge in [0.05, 0.1) is 13.2 Å². The molecule has 110 valence electrons. The molecule has 0 aromatic heterocycles. The lowest BCUT2D eigenvalue weighted by Crippen LogP contribution is -2.39. The van der Waals surface area contributed by atoms with E-state index in [0.29, 0.717) is 6.04 Å². The molecule has 0 radical (unpaired) electrons. The summed E-state index contributed by atoms with van der Waals surface area (Å²) in [7, 11) is 0. The van der Waals surface area contributed by atoms with Crippen LogP contribution in [0.25, 0.3) is 0 Å². The summed E-state index contributed by atoms with van der Waals surface area (Å²) in [6, 6.07) is 0.311. The summed E-state index contributed by atoms with van der Waals surface area (Å²) in [5.41, 5.74) is 5.85. The molecule has 1 aliphatic carbocycles. The highest BCUT2D eigenvalue weighted by atomic mass is 16.5. The maximum Gasteiger partial charge on any atom is 0.223 e. The van der Waals surface area contributed by atoms with Gasteiger partial charge in [0.2, 0.25) is 5.91 Å². The lowest BCUT2D eigenvalue weighted by Gasteiger charge is -2.27. The monoisotopic (exact) mass is 269 g/mol. The van der Waals surface area contributed by atoms with Crippen LogP contribution in [0.3, 0.4) is 0 Å². The first-order chi connectivity index (χ1) is 9.25. The number of carbonyl (C=O) groups excluding carboxylic acids is 1. The molecule has 19 heavy (non-hydrogen) atoms. The van der Waals surface area contributed by atoms with Crippen molar-refractivity contribution < 1.29 is 9.53 Å². The molecule has 3 N–H and O–H groups in total. The summed E-state index contributed by atoms with van der Waals surface area (Å²) < 4.78 is 5.31. The van der Waals surface area contributed by atoms with Gasteiger partial charge in [-0.2, -0.15) is 0 Å². The van der Waals surface area contributed by atoms with Crippen molar-refractivity contribution >= 4 is 5.91 Å². The number of nitrogens with zero attached hydrogens (tertiary/aromatic N) is 1. The van der Waals surface area contributed by atoms with E-state index in [4.69, 9.17) is 10.5 Å². The topological polar surface area (TPSA) is 67.6 Å². The molecule has 5 nitrogen and oxygen atoms in total. The van der Waals surface area contributed by atoms with Crippen molar-refractivity contribution in [1.82, 2.24) is 10.2 Å². The fourth-order valence-corrected chi connectivity index (χ4v) is 2.86. The van der Waals surface area contributed by atoms with Crippen LogP contribution in [0.5, 0.6) is 0 Å². The number of nitrogens with one attached hydrogen (secondary N) is 1. The Labute approximate surface area is 115 Å². The van der Waals surface area contributed by atoms with Crippen LogP contribution in [0.2, 0.25) is 0 Å². The number of hydrogen-bond acceptors (Lipinski definition) is 4. The molecule has 1 saturated carbocycles. The van der Waals surface area contributed by atoms with Gasteiger partial charge in [-0.15, -0.1) is 0 Å². The average Bonchev–Trinajstić information content (AvgIpc) is 2.45. The Morgan fingerprint density at radius 1 is 1.21 bits per heavy atom. The molecule has 0 aromatic carbocycles. The molecular weight excluding hydrogens is 242 g/mol. The molecule has 1 aliphatic heterocycles. The number of carbonyl (C=O) groups is 1. The minimum absolute atomic E-state index is 0.197. The zero-order chi connectivity index (χ0) is 13.5. The predicted octanol–water partition coefficient (Wildman–Crippen LogP) is 0.342. The van der Waals surface area contributed by atoms with E-state index in [9.17, 15) is 4.79 Å². The molecule has 2 fully saturated rings. The van der Waals surface area contributed by atoms with Crippen LogP contribution in [0, 0.1) is 5.92 Å². The number of nitrogens with two attached hydrogens (primary N) is 1. The molecule has 0 unspecified atom stereocenters. The standard InChI is InChI=1S/C14H27N3O2/c15-13-4-2-12(3-5-13)14(18)16-6-1-7-17-8-10-19-11-9-17/h12-13H,1-11,15H2,(H,16,18). The van der Waals surface area contributed by atoms with Crippen molar-refractivity contribution in [3.8, 4) is 0 Å². The third-order valence-corrected chi connectivity index (χ3v) is 4.20. The zero-order valence-electron chi connectivity index (χ0n) is 11.8. The highest BCUT2D eigenvalue weighted by Gasteiger charge is 2.24. The molecule has 0 atom stereocenters. The summed E-state index contributed by atoms with van der Waals surface area (Å²) >= 11 is 0. The third-order valence-electron chi connectivity index (χ3n) is 4.20. The van der Waals surface area contributed by atoms with E-state index in [2.05, 4.69) is 10.2 Å². The van der Waals surface area contributed by atoms with Gasteiger partial charge < -0.3 is 15.8 Å². The van der Waals surface area contributed by atoms with Crippen molar-refractivity contribution in [3.05, 3.63) is 0 Å². The van der Waals surface area contributed by atoms with Crippen molar-refractivity contribution in [2.24, 2.45) is 11.7 Å². The van der Waals surface area contributed by atoms with E-state index in [0.717, 1.165) is 71.5 Å². The molecule has 1 amide bonds. The lowest BCUT2D eigenvalue weighted by atomic mass is 9.86. The lowest BCUT2D eigenvalue weighted by molar-refractivity contribution is -0.126. The maximum atomic E-state index is 12.0. The Morgan fingerprint density at radius 3 is 2.58 bits per heavy atom. The molecular formula is C14H27N3O2. The highest BCUT2D eigenvalue weighted by molar-refractivity contribution is 5.78. The number of rotatable bonds is 5. The Bertz CT molecular complexity index is 272. The molecule has 0 aromatic rings.